The van der Waals surface area contributed by atoms with Crippen molar-refractivity contribution in [1.82, 2.24) is 0 Å². The molecule has 0 spiro atoms. The average molecular weight is 478 g/mol. The molecule has 1 atom stereocenters. The lowest BCUT2D eigenvalue weighted by Crippen LogP contribution is -2.37. The maximum absolute atomic E-state index is 13.5. The molecule has 9 heteroatoms. The van der Waals surface area contributed by atoms with Gasteiger partial charge < -0.3 is 9.47 Å². The molecule has 8 nitrogen and oxygen atoms in total. The highest BCUT2D eigenvalue weighted by molar-refractivity contribution is 6.17. The molecule has 0 unspecified atom stereocenters. The van der Waals surface area contributed by atoms with Gasteiger partial charge in [-0.25, -0.2) is 0 Å². The van der Waals surface area contributed by atoms with Gasteiger partial charge in [0, 0.05) is 42.4 Å². The molecule has 3 aromatic rings. The number of non-ortho nitro benzene ring substituents is 1. The van der Waals surface area contributed by atoms with Crippen LogP contribution in [0.2, 0.25) is 0 Å². The van der Waals surface area contributed by atoms with Crippen LogP contribution in [-0.2, 0) is 18.9 Å². The molecule has 2 heterocycles. The van der Waals surface area contributed by atoms with E-state index in [1.54, 1.807) is 29.3 Å². The second kappa shape index (κ2) is 8.79. The zero-order valence-corrected chi connectivity index (χ0v) is 19.0. The van der Waals surface area contributed by atoms with Crippen molar-refractivity contribution in [3.05, 3.63) is 87.0 Å². The van der Waals surface area contributed by atoms with E-state index < -0.39 is 4.92 Å². The third-order valence-corrected chi connectivity index (χ3v) is 6.23. The molecule has 34 heavy (non-hydrogen) atoms. The number of fused-ring (bicyclic) bond motifs is 4. The number of nitro benzene ring substituents is 1. The summed E-state index contributed by atoms with van der Waals surface area (Å²) in [6.07, 6.45) is 2.49. The van der Waals surface area contributed by atoms with Crippen molar-refractivity contribution in [1.29, 1.82) is 0 Å². The normalized spacial score (nSPS) is 15.9. The van der Waals surface area contributed by atoms with E-state index in [4.69, 9.17) is 21.1 Å². The van der Waals surface area contributed by atoms with Crippen molar-refractivity contribution in [2.24, 2.45) is 4.99 Å². The maximum Gasteiger partial charge on any atom is 0.270 e. The maximum atomic E-state index is 13.5. The smallest absolute Gasteiger partial charge is 0.270 e. The first-order chi connectivity index (χ1) is 16.5. The Kier molecular flexibility index (Phi) is 5.67. The van der Waals surface area contributed by atoms with E-state index in [0.29, 0.717) is 40.3 Å². The van der Waals surface area contributed by atoms with Gasteiger partial charge in [-0.15, -0.1) is 11.6 Å². The largest absolute Gasteiger partial charge is 0.493 e. The highest BCUT2D eigenvalue weighted by Crippen LogP contribution is 2.41. The molecular formula is C25H20ClN3O5. The van der Waals surface area contributed by atoms with Gasteiger partial charge in [-0.2, -0.15) is 0 Å². The van der Waals surface area contributed by atoms with Crippen molar-refractivity contribution >= 4 is 40.8 Å². The number of methoxy groups -OCH3 is 1. The predicted octanol–water partition coefficient (Wildman–Crippen LogP) is 5.21. The summed E-state index contributed by atoms with van der Waals surface area (Å²) in [7, 11) is 1.49. The summed E-state index contributed by atoms with van der Waals surface area (Å²) in [5, 5.41) is 11.2. The van der Waals surface area contributed by atoms with Crippen LogP contribution in [0.5, 0.6) is 11.5 Å². The second-order valence-corrected chi connectivity index (χ2v) is 8.33. The summed E-state index contributed by atoms with van der Waals surface area (Å²) in [6, 6.07) is 15.6. The van der Waals surface area contributed by atoms with Crippen molar-refractivity contribution < 1.29 is 19.2 Å². The van der Waals surface area contributed by atoms with E-state index in [9.17, 15) is 14.9 Å². The monoisotopic (exact) mass is 477 g/mol. The van der Waals surface area contributed by atoms with Crippen LogP contribution >= 0.6 is 11.6 Å². The van der Waals surface area contributed by atoms with Gasteiger partial charge in [0.05, 0.1) is 29.3 Å². The molecule has 0 fully saturated rings. The summed E-state index contributed by atoms with van der Waals surface area (Å²) >= 11 is 5.89. The van der Waals surface area contributed by atoms with E-state index >= 15 is 0 Å². The molecule has 0 bridgehead atoms. The number of anilines is 1. The van der Waals surface area contributed by atoms with Gasteiger partial charge >= 0.3 is 0 Å². The lowest BCUT2D eigenvalue weighted by atomic mass is 10.1. The number of para-hydroxylation sites is 1. The van der Waals surface area contributed by atoms with Crippen molar-refractivity contribution in [2.75, 3.05) is 12.0 Å². The Bertz CT molecular complexity index is 1340. The topological polar surface area (TPSA) is 94.3 Å². The van der Waals surface area contributed by atoms with Crippen LogP contribution in [0, 0.1) is 10.1 Å². The number of hydrogen-bond donors (Lipinski definition) is 0. The molecule has 2 aliphatic heterocycles. The number of aliphatic imine (C=N–C) groups is 1. The Balaban J connectivity index is 1.46. The molecule has 2 aliphatic rings. The van der Waals surface area contributed by atoms with Gasteiger partial charge in [0.1, 0.15) is 6.61 Å². The summed E-state index contributed by atoms with van der Waals surface area (Å²) in [5.74, 6) is 0.746. The minimum absolute atomic E-state index is 0.0540. The Morgan fingerprint density at radius 1 is 1.15 bits per heavy atom. The number of benzene rings is 3. The summed E-state index contributed by atoms with van der Waals surface area (Å²) in [5.41, 5.74) is 4.06. The lowest BCUT2D eigenvalue weighted by Gasteiger charge is -2.22. The van der Waals surface area contributed by atoms with Crippen LogP contribution in [0.25, 0.3) is 0 Å². The zero-order valence-electron chi connectivity index (χ0n) is 18.2. The SMILES string of the molecule is COc1cc2c(cc1OCc1cc(CCl)cc([N+](=O)[O-])c1)N=C[C@@H]1Cc3ccccc3N1C2=O. The van der Waals surface area contributed by atoms with E-state index in [1.807, 2.05) is 24.3 Å². The highest BCUT2D eigenvalue weighted by atomic mass is 35.5. The first-order valence-electron chi connectivity index (χ1n) is 10.6. The van der Waals surface area contributed by atoms with E-state index in [1.165, 1.54) is 19.2 Å². The number of hydrogen-bond acceptors (Lipinski definition) is 6. The lowest BCUT2D eigenvalue weighted by molar-refractivity contribution is -0.385. The quantitative estimate of drug-likeness (QED) is 0.276. The summed E-state index contributed by atoms with van der Waals surface area (Å²) < 4.78 is 11.5. The molecule has 0 radical (unpaired) electrons. The molecule has 0 saturated heterocycles. The van der Waals surface area contributed by atoms with Crippen molar-refractivity contribution in [2.45, 2.75) is 24.9 Å². The molecule has 5 rings (SSSR count). The molecule has 0 N–H and O–H groups in total. The number of carbonyl (C=O) groups is 1. The van der Waals surface area contributed by atoms with Crippen LogP contribution in [0.3, 0.4) is 0 Å². The van der Waals surface area contributed by atoms with Crippen molar-refractivity contribution in [3.8, 4) is 11.5 Å². The average Bonchev–Trinajstić information content (AvgIpc) is 3.17. The van der Waals surface area contributed by atoms with Crippen LogP contribution in [0.4, 0.5) is 17.1 Å². The van der Waals surface area contributed by atoms with Gasteiger partial charge in [-0.05, 0) is 28.8 Å². The third kappa shape index (κ3) is 3.86. The van der Waals surface area contributed by atoms with Crippen LogP contribution in [-0.4, -0.2) is 30.2 Å². The summed E-state index contributed by atoms with van der Waals surface area (Å²) in [6.45, 7) is 0.0561. The first-order valence-corrected chi connectivity index (χ1v) is 11.2. The fourth-order valence-electron chi connectivity index (χ4n) is 4.36. The molecular weight excluding hydrogens is 458 g/mol. The number of amides is 1. The Morgan fingerprint density at radius 2 is 1.94 bits per heavy atom. The Labute approximate surface area is 200 Å². The van der Waals surface area contributed by atoms with E-state index in [0.717, 1.165) is 11.3 Å². The molecule has 0 aliphatic carbocycles. The fraction of sp³-hybridized carbons (Fsp3) is 0.200. The highest BCUT2D eigenvalue weighted by Gasteiger charge is 2.36. The van der Waals surface area contributed by atoms with Crippen molar-refractivity contribution in [3.63, 3.8) is 0 Å². The van der Waals surface area contributed by atoms with Gasteiger partial charge in [-0.3, -0.25) is 24.8 Å². The van der Waals surface area contributed by atoms with Crippen LogP contribution in [0.15, 0.2) is 59.6 Å². The molecule has 172 valence electrons. The standard InChI is InChI=1S/C25H20ClN3O5/c1-33-23-10-20-21(27-13-19-9-17-4-2-3-5-22(17)28(19)25(20)30)11-24(23)34-14-16-6-15(12-26)7-18(8-16)29(31)32/h2-8,10-11,13,19H,9,12,14H2,1H3/t19-/m0/s1. The number of alkyl halides is 1. The summed E-state index contributed by atoms with van der Waals surface area (Å²) in [4.78, 5) is 30.6. The van der Waals surface area contributed by atoms with E-state index in [-0.39, 0.29) is 30.1 Å². The van der Waals surface area contributed by atoms with Crippen LogP contribution < -0.4 is 14.4 Å². The number of halogens is 1. The molecule has 0 saturated carbocycles. The van der Waals surface area contributed by atoms with Gasteiger partial charge in [0.25, 0.3) is 11.6 Å². The number of carbonyl (C=O) groups excluding carboxylic acids is 1. The van der Waals surface area contributed by atoms with Crippen LogP contribution in [0.1, 0.15) is 27.0 Å². The third-order valence-electron chi connectivity index (χ3n) is 5.93. The van der Waals surface area contributed by atoms with Gasteiger partial charge in [0.15, 0.2) is 11.5 Å². The van der Waals surface area contributed by atoms with Gasteiger partial charge in [0.2, 0.25) is 0 Å². The van der Waals surface area contributed by atoms with Gasteiger partial charge in [-0.1, -0.05) is 24.3 Å². The number of nitrogens with zero attached hydrogens (tertiary/aromatic N) is 3. The number of nitro groups is 1. The first kappa shape index (κ1) is 21.9. The molecule has 3 aromatic carbocycles. The molecule has 0 aromatic heterocycles. The predicted molar refractivity (Wildman–Crippen MR) is 129 cm³/mol. The second-order valence-electron chi connectivity index (χ2n) is 8.06. The fourth-order valence-corrected chi connectivity index (χ4v) is 4.51. The number of ether oxygens (including phenoxy) is 2. The Hall–Kier alpha value is -3.91. The zero-order chi connectivity index (χ0) is 23.8. The minimum atomic E-state index is -0.465. The number of rotatable bonds is 6. The molecule has 1 amide bonds. The Morgan fingerprint density at radius 3 is 2.71 bits per heavy atom. The van der Waals surface area contributed by atoms with E-state index in [2.05, 4.69) is 4.99 Å². The minimum Gasteiger partial charge on any atom is -0.493 e.